The minimum Gasteiger partial charge on any atom is -0.444 e. The van der Waals surface area contributed by atoms with E-state index in [0.717, 1.165) is 0 Å². The Hall–Kier alpha value is -4.84. The lowest BCUT2D eigenvalue weighted by atomic mass is 10.1. The van der Waals surface area contributed by atoms with Crippen molar-refractivity contribution in [1.29, 1.82) is 0 Å². The van der Waals surface area contributed by atoms with Crippen LogP contribution in [0.1, 0.15) is 43.4 Å². The van der Waals surface area contributed by atoms with Gasteiger partial charge in [-0.15, -0.1) is 4.48 Å². The Labute approximate surface area is 230 Å². The number of amides is 2. The quantitative estimate of drug-likeness (QED) is 0.233. The van der Waals surface area contributed by atoms with Gasteiger partial charge in [0.15, 0.2) is 5.69 Å². The summed E-state index contributed by atoms with van der Waals surface area (Å²) in [6.45, 7) is 7.17. The number of carbonyl (C=O) groups is 3. The number of aliphatic imine (C=N–C) groups is 1. The molecule has 2 aromatic carbocycles. The second kappa shape index (κ2) is 11.1. The summed E-state index contributed by atoms with van der Waals surface area (Å²) in [4.78, 5) is 47.5. The number of carbonyl (C=O) groups excluding carboxylic acids is 2. The van der Waals surface area contributed by atoms with Gasteiger partial charge in [-0.05, 0) is 45.0 Å². The molecule has 0 aliphatic carbocycles. The molecule has 0 radical (unpaired) electrons. The molecule has 0 fully saturated rings. The van der Waals surface area contributed by atoms with Gasteiger partial charge in [-0.1, -0.05) is 17.3 Å². The summed E-state index contributed by atoms with van der Waals surface area (Å²) in [6.07, 6.45) is 1.35. The Morgan fingerprint density at radius 3 is 2.45 bits per heavy atom. The Morgan fingerprint density at radius 2 is 1.82 bits per heavy atom. The van der Waals surface area contributed by atoms with E-state index in [9.17, 15) is 19.5 Å². The molecule has 3 aromatic rings. The lowest BCUT2D eigenvalue weighted by Gasteiger charge is -2.28. The van der Waals surface area contributed by atoms with Crippen LogP contribution in [0.25, 0.3) is 11.4 Å². The molecule has 1 aliphatic heterocycles. The first kappa shape index (κ1) is 28.2. The molecular formula is C28H30N5O7+. The minimum atomic E-state index is -1.18. The summed E-state index contributed by atoms with van der Waals surface area (Å²) in [5.41, 5.74) is 0.595. The van der Waals surface area contributed by atoms with E-state index in [4.69, 9.17) is 14.0 Å². The molecule has 1 atom stereocenters. The number of hydrogen-bond donors (Lipinski definition) is 1. The van der Waals surface area contributed by atoms with E-state index >= 15 is 0 Å². The van der Waals surface area contributed by atoms with Crippen LogP contribution in [0.4, 0.5) is 15.3 Å². The van der Waals surface area contributed by atoms with Gasteiger partial charge in [0.2, 0.25) is 17.6 Å². The number of quaternary nitrogens is 1. The molecule has 1 aliphatic rings. The first-order valence-corrected chi connectivity index (χ1v) is 12.4. The van der Waals surface area contributed by atoms with Crippen molar-refractivity contribution < 1.29 is 33.5 Å². The third kappa shape index (κ3) is 6.07. The van der Waals surface area contributed by atoms with Crippen LogP contribution in [0.2, 0.25) is 0 Å². The fourth-order valence-corrected chi connectivity index (χ4v) is 3.97. The molecule has 12 heteroatoms. The lowest BCUT2D eigenvalue weighted by Crippen LogP contribution is -2.52. The Morgan fingerprint density at radius 1 is 1.10 bits per heavy atom. The molecule has 12 nitrogen and oxygen atoms in total. The molecule has 1 aromatic heterocycles. The smallest absolute Gasteiger partial charge is 0.444 e. The van der Waals surface area contributed by atoms with E-state index in [1.165, 1.54) is 29.4 Å². The third-order valence-corrected chi connectivity index (χ3v) is 5.94. The van der Waals surface area contributed by atoms with E-state index in [2.05, 4.69) is 15.1 Å². The predicted octanol–water partition coefficient (Wildman–Crippen LogP) is 5.39. The number of ether oxygens (including phenoxy) is 2. The fraction of sp³-hybridized carbons (Fsp3) is 0.286. The zero-order chi connectivity index (χ0) is 29.1. The maximum atomic E-state index is 12.8. The van der Waals surface area contributed by atoms with Crippen molar-refractivity contribution in [2.75, 3.05) is 13.6 Å². The summed E-state index contributed by atoms with van der Waals surface area (Å²) < 4.78 is 15.2. The third-order valence-electron chi connectivity index (χ3n) is 5.94. The summed E-state index contributed by atoms with van der Waals surface area (Å²) in [5, 5.41) is 14.1. The average Bonchev–Trinajstić information content (AvgIpc) is 3.54. The van der Waals surface area contributed by atoms with Crippen molar-refractivity contribution in [2.24, 2.45) is 4.99 Å². The minimum absolute atomic E-state index is 0.183. The Balaban J connectivity index is 1.47. The van der Waals surface area contributed by atoms with Crippen LogP contribution in [0.3, 0.4) is 0 Å². The number of benzene rings is 2. The second-order valence-electron chi connectivity index (χ2n) is 10.1. The number of aromatic nitrogens is 2. The number of amidine groups is 1. The molecule has 0 saturated heterocycles. The van der Waals surface area contributed by atoms with Crippen molar-refractivity contribution in [3.63, 3.8) is 0 Å². The number of aryl methyl sites for hydroxylation is 1. The summed E-state index contributed by atoms with van der Waals surface area (Å²) in [5.74, 6) is 0.685. The van der Waals surface area contributed by atoms with E-state index < -0.39 is 28.2 Å². The summed E-state index contributed by atoms with van der Waals surface area (Å²) in [7, 11) is 1.58. The van der Waals surface area contributed by atoms with E-state index in [1.54, 1.807) is 71.1 Å². The van der Waals surface area contributed by atoms with Gasteiger partial charge in [-0.2, -0.15) is 9.78 Å². The Kier molecular flexibility index (Phi) is 7.82. The van der Waals surface area contributed by atoms with Gasteiger partial charge in [0.1, 0.15) is 17.6 Å². The SMILES string of the molecule is Cc1nc(-c2cccc(C(=O)Oc3ccc([N+]4(C(=O)O)C=CN=C4CCN(C)C(=O)OC(C)(C)C)cc3)c2)no1. The second-order valence-corrected chi connectivity index (χ2v) is 10.1. The maximum absolute atomic E-state index is 12.8. The van der Waals surface area contributed by atoms with Gasteiger partial charge in [-0.25, -0.2) is 14.6 Å². The summed E-state index contributed by atoms with van der Waals surface area (Å²) >= 11 is 0. The van der Waals surface area contributed by atoms with Crippen molar-refractivity contribution in [3.05, 3.63) is 72.4 Å². The molecule has 0 bridgehead atoms. The molecule has 2 heterocycles. The summed E-state index contributed by atoms with van der Waals surface area (Å²) in [6, 6.07) is 12.8. The first-order chi connectivity index (χ1) is 18.9. The molecular weight excluding hydrogens is 518 g/mol. The van der Waals surface area contributed by atoms with Crippen molar-refractivity contribution in [2.45, 2.75) is 39.7 Å². The van der Waals surface area contributed by atoms with Crippen LogP contribution in [0, 0.1) is 6.92 Å². The monoisotopic (exact) mass is 548 g/mol. The largest absolute Gasteiger partial charge is 0.529 e. The average molecular weight is 549 g/mol. The van der Waals surface area contributed by atoms with Crippen LogP contribution in [-0.4, -0.2) is 63.3 Å². The molecule has 40 heavy (non-hydrogen) atoms. The highest BCUT2D eigenvalue weighted by molar-refractivity contribution is 6.11. The van der Waals surface area contributed by atoms with Crippen LogP contribution in [0.15, 0.2) is 70.4 Å². The Bertz CT molecular complexity index is 1490. The molecule has 4 rings (SSSR count). The normalized spacial score (nSPS) is 16.4. The van der Waals surface area contributed by atoms with Gasteiger partial charge in [0, 0.05) is 38.2 Å². The predicted molar refractivity (Wildman–Crippen MR) is 146 cm³/mol. The van der Waals surface area contributed by atoms with Crippen LogP contribution >= 0.6 is 0 Å². The lowest BCUT2D eigenvalue weighted by molar-refractivity contribution is 0.0302. The van der Waals surface area contributed by atoms with Crippen molar-refractivity contribution in [1.82, 2.24) is 19.5 Å². The molecule has 1 unspecified atom stereocenters. The molecule has 2 amide bonds. The van der Waals surface area contributed by atoms with Crippen molar-refractivity contribution in [3.8, 4) is 17.1 Å². The van der Waals surface area contributed by atoms with Crippen LogP contribution < -0.4 is 9.22 Å². The highest BCUT2D eigenvalue weighted by Gasteiger charge is 2.46. The van der Waals surface area contributed by atoms with Crippen LogP contribution in [0.5, 0.6) is 5.75 Å². The number of esters is 1. The molecule has 1 N–H and O–H groups in total. The number of carboxylic acid groups (broad SMARTS) is 1. The van der Waals surface area contributed by atoms with Crippen LogP contribution in [-0.2, 0) is 4.74 Å². The fourth-order valence-electron chi connectivity index (χ4n) is 3.97. The topological polar surface area (TPSA) is 144 Å². The highest BCUT2D eigenvalue weighted by atomic mass is 16.6. The molecule has 208 valence electrons. The van der Waals surface area contributed by atoms with E-state index in [0.29, 0.717) is 28.8 Å². The highest BCUT2D eigenvalue weighted by Crippen LogP contribution is 2.32. The number of rotatable bonds is 7. The molecule has 0 spiro atoms. The maximum Gasteiger partial charge on any atom is 0.529 e. The number of hydrogen-bond acceptors (Lipinski definition) is 9. The van der Waals surface area contributed by atoms with E-state index in [1.807, 2.05) is 0 Å². The number of nitrogens with zero attached hydrogens (tertiary/aromatic N) is 5. The van der Waals surface area contributed by atoms with Crippen molar-refractivity contribution >= 4 is 29.7 Å². The van der Waals surface area contributed by atoms with Gasteiger partial charge in [0.25, 0.3) is 0 Å². The van der Waals surface area contributed by atoms with Gasteiger partial charge < -0.3 is 24.0 Å². The first-order valence-electron chi connectivity index (χ1n) is 12.4. The van der Waals surface area contributed by atoms with Gasteiger partial charge in [-0.3, -0.25) is 0 Å². The molecule has 0 saturated carbocycles. The van der Waals surface area contributed by atoms with E-state index in [-0.39, 0.29) is 24.3 Å². The van der Waals surface area contributed by atoms with Gasteiger partial charge in [0.05, 0.1) is 18.2 Å². The van der Waals surface area contributed by atoms with Gasteiger partial charge >= 0.3 is 18.2 Å². The zero-order valence-corrected chi connectivity index (χ0v) is 22.8. The standard InChI is InChI=1S/C28H29N5O7/c1-18-30-24(31-40-18)19-7-6-8-20(17-19)25(34)38-22-11-9-21(10-12-22)33(27(36)37)16-14-29-23(33)13-15-32(5)26(35)39-28(2,3)4/h6-12,14,16-17H,13,15H2,1-5H3/p+1. The zero-order valence-electron chi connectivity index (χ0n) is 22.8.